The van der Waals surface area contributed by atoms with Crippen molar-refractivity contribution < 1.29 is 9.13 Å². The minimum Gasteiger partial charge on any atom is -0.494 e. The normalized spacial score (nSPS) is 10.3. The fraction of sp³-hybridized carbons (Fsp3) is 0.214. The Labute approximate surface area is 111 Å². The van der Waals surface area contributed by atoms with Crippen LogP contribution >= 0.6 is 0 Å². The van der Waals surface area contributed by atoms with Gasteiger partial charge in [0.05, 0.1) is 18.5 Å². The quantitative estimate of drug-likeness (QED) is 0.831. The van der Waals surface area contributed by atoms with Gasteiger partial charge in [0.2, 0.25) is 0 Å². The molecule has 0 radical (unpaired) electrons. The third-order valence-corrected chi connectivity index (χ3v) is 2.94. The summed E-state index contributed by atoms with van der Waals surface area (Å²) in [5.41, 5.74) is 8.96. The zero-order valence-electron chi connectivity index (χ0n) is 10.9. The predicted octanol–water partition coefficient (Wildman–Crippen LogP) is 2.73. The Kier molecular flexibility index (Phi) is 3.85. The Balaban J connectivity index is 2.18. The van der Waals surface area contributed by atoms with E-state index in [0.717, 1.165) is 11.1 Å². The molecule has 0 saturated heterocycles. The van der Waals surface area contributed by atoms with Gasteiger partial charge in [0.15, 0.2) is 11.6 Å². The molecule has 0 aliphatic heterocycles. The summed E-state index contributed by atoms with van der Waals surface area (Å²) in [4.78, 5) is 4.07. The number of ether oxygens (including phenoxy) is 1. The molecule has 0 saturated carbocycles. The van der Waals surface area contributed by atoms with E-state index in [-0.39, 0.29) is 5.75 Å². The van der Waals surface area contributed by atoms with Gasteiger partial charge in [0, 0.05) is 31.1 Å². The molecule has 0 fully saturated rings. The minimum atomic E-state index is -0.469. The maximum Gasteiger partial charge on any atom is 0.167 e. The first-order chi connectivity index (χ1) is 9.11. The van der Waals surface area contributed by atoms with Crippen molar-refractivity contribution in [1.82, 2.24) is 4.98 Å². The van der Waals surface area contributed by atoms with E-state index in [1.54, 1.807) is 18.5 Å². The van der Waals surface area contributed by atoms with Gasteiger partial charge < -0.3 is 15.8 Å². The van der Waals surface area contributed by atoms with E-state index in [4.69, 9.17) is 10.5 Å². The number of methoxy groups -OCH3 is 1. The van der Waals surface area contributed by atoms with Crippen molar-refractivity contribution in [3.63, 3.8) is 0 Å². The zero-order chi connectivity index (χ0) is 13.8. The van der Waals surface area contributed by atoms with Crippen LogP contribution in [0.1, 0.15) is 11.1 Å². The van der Waals surface area contributed by atoms with Crippen LogP contribution in [0.25, 0.3) is 0 Å². The molecule has 0 spiro atoms. The zero-order valence-corrected chi connectivity index (χ0v) is 10.9. The number of pyridine rings is 1. The van der Waals surface area contributed by atoms with Gasteiger partial charge in [-0.05, 0) is 24.1 Å². The summed E-state index contributed by atoms with van der Waals surface area (Å²) in [6.45, 7) is 2.58. The molecule has 0 unspecified atom stereocenters. The third kappa shape index (κ3) is 2.93. The molecule has 4 nitrogen and oxygen atoms in total. The number of aryl methyl sites for hydroxylation is 1. The molecule has 5 heteroatoms. The van der Waals surface area contributed by atoms with E-state index >= 15 is 0 Å². The molecule has 0 bridgehead atoms. The number of nitrogens with two attached hydrogens (primary N) is 1. The Bertz CT molecular complexity index is 587. The molecule has 0 amide bonds. The van der Waals surface area contributed by atoms with Crippen LogP contribution in [-0.4, -0.2) is 12.1 Å². The first-order valence-electron chi connectivity index (χ1n) is 5.88. The fourth-order valence-electron chi connectivity index (χ4n) is 1.75. The standard InChI is InChI=1S/C14H16FN3O/c1-9-3-4-17-7-10(9)8-18-13-6-14(19-2)11(15)5-12(13)16/h3-7,18H,8,16H2,1-2H3. The Hall–Kier alpha value is -2.30. The molecule has 1 aromatic heterocycles. The summed E-state index contributed by atoms with van der Waals surface area (Å²) in [6.07, 6.45) is 3.54. The molecule has 0 aliphatic carbocycles. The average Bonchev–Trinajstić information content (AvgIpc) is 2.39. The van der Waals surface area contributed by atoms with E-state index in [1.165, 1.54) is 13.2 Å². The van der Waals surface area contributed by atoms with Crippen molar-refractivity contribution >= 4 is 11.4 Å². The molecule has 3 N–H and O–H groups in total. The fourth-order valence-corrected chi connectivity index (χ4v) is 1.75. The van der Waals surface area contributed by atoms with Crippen molar-refractivity contribution in [2.75, 3.05) is 18.2 Å². The first-order valence-corrected chi connectivity index (χ1v) is 5.88. The number of rotatable bonds is 4. The first kappa shape index (κ1) is 13.1. The largest absolute Gasteiger partial charge is 0.494 e. The number of anilines is 2. The lowest BCUT2D eigenvalue weighted by atomic mass is 10.1. The highest BCUT2D eigenvalue weighted by molar-refractivity contribution is 5.68. The van der Waals surface area contributed by atoms with Crippen LogP contribution < -0.4 is 15.8 Å². The molecular weight excluding hydrogens is 245 g/mol. The number of halogens is 1. The average molecular weight is 261 g/mol. The smallest absolute Gasteiger partial charge is 0.167 e. The van der Waals surface area contributed by atoms with E-state index in [9.17, 15) is 4.39 Å². The molecule has 1 aromatic carbocycles. The maximum atomic E-state index is 13.4. The van der Waals surface area contributed by atoms with Crippen LogP contribution in [0.5, 0.6) is 5.75 Å². The molecule has 100 valence electrons. The topological polar surface area (TPSA) is 60.2 Å². The molecule has 0 aliphatic rings. The number of nitrogens with one attached hydrogen (secondary N) is 1. The van der Waals surface area contributed by atoms with Crippen molar-refractivity contribution in [3.05, 3.63) is 47.5 Å². The van der Waals surface area contributed by atoms with Gasteiger partial charge >= 0.3 is 0 Å². The van der Waals surface area contributed by atoms with Crippen LogP contribution in [0.3, 0.4) is 0 Å². The van der Waals surface area contributed by atoms with Gasteiger partial charge in [0.25, 0.3) is 0 Å². The SMILES string of the molecule is COc1cc(NCc2cnccc2C)c(N)cc1F. The summed E-state index contributed by atoms with van der Waals surface area (Å²) in [5, 5.41) is 3.16. The van der Waals surface area contributed by atoms with E-state index < -0.39 is 5.82 Å². The van der Waals surface area contributed by atoms with Gasteiger partial charge in [-0.15, -0.1) is 0 Å². The molecule has 2 rings (SSSR count). The van der Waals surface area contributed by atoms with Gasteiger partial charge in [-0.25, -0.2) is 4.39 Å². The monoisotopic (exact) mass is 261 g/mol. The van der Waals surface area contributed by atoms with Gasteiger partial charge in [-0.2, -0.15) is 0 Å². The molecular formula is C14H16FN3O. The number of nitrogens with zero attached hydrogens (tertiary/aromatic N) is 1. The highest BCUT2D eigenvalue weighted by atomic mass is 19.1. The van der Waals surface area contributed by atoms with E-state index in [1.807, 2.05) is 13.0 Å². The number of nitrogen functional groups attached to an aromatic ring is 1. The van der Waals surface area contributed by atoms with Crippen LogP contribution in [0.15, 0.2) is 30.6 Å². The van der Waals surface area contributed by atoms with Crippen molar-refractivity contribution in [3.8, 4) is 5.75 Å². The summed E-state index contributed by atoms with van der Waals surface area (Å²) in [6, 6.07) is 4.74. The van der Waals surface area contributed by atoms with Crippen molar-refractivity contribution in [2.45, 2.75) is 13.5 Å². The second kappa shape index (κ2) is 5.56. The summed E-state index contributed by atoms with van der Waals surface area (Å²) in [5.74, 6) is -0.303. The van der Waals surface area contributed by atoms with E-state index in [0.29, 0.717) is 17.9 Å². The van der Waals surface area contributed by atoms with Crippen LogP contribution in [-0.2, 0) is 6.54 Å². The summed E-state index contributed by atoms with van der Waals surface area (Å²) < 4.78 is 18.3. The third-order valence-electron chi connectivity index (χ3n) is 2.94. The Morgan fingerprint density at radius 2 is 2.21 bits per heavy atom. The Morgan fingerprint density at radius 1 is 1.42 bits per heavy atom. The molecule has 1 heterocycles. The number of benzene rings is 1. The predicted molar refractivity (Wildman–Crippen MR) is 73.7 cm³/mol. The van der Waals surface area contributed by atoms with Crippen LogP contribution in [0.4, 0.5) is 15.8 Å². The second-order valence-corrected chi connectivity index (χ2v) is 4.23. The lowest BCUT2D eigenvalue weighted by Gasteiger charge is -2.12. The van der Waals surface area contributed by atoms with Gasteiger partial charge in [-0.1, -0.05) is 0 Å². The molecule has 2 aromatic rings. The van der Waals surface area contributed by atoms with Crippen molar-refractivity contribution in [1.29, 1.82) is 0 Å². The van der Waals surface area contributed by atoms with Gasteiger partial charge in [0.1, 0.15) is 0 Å². The second-order valence-electron chi connectivity index (χ2n) is 4.23. The minimum absolute atomic E-state index is 0.166. The summed E-state index contributed by atoms with van der Waals surface area (Å²) >= 11 is 0. The number of hydrogen-bond acceptors (Lipinski definition) is 4. The van der Waals surface area contributed by atoms with Crippen molar-refractivity contribution in [2.24, 2.45) is 0 Å². The highest BCUT2D eigenvalue weighted by Crippen LogP contribution is 2.28. The van der Waals surface area contributed by atoms with Crippen LogP contribution in [0, 0.1) is 12.7 Å². The lowest BCUT2D eigenvalue weighted by Crippen LogP contribution is -2.05. The number of aromatic nitrogens is 1. The Morgan fingerprint density at radius 3 is 2.89 bits per heavy atom. The van der Waals surface area contributed by atoms with E-state index in [2.05, 4.69) is 10.3 Å². The molecule has 0 atom stereocenters. The lowest BCUT2D eigenvalue weighted by molar-refractivity contribution is 0.387. The highest BCUT2D eigenvalue weighted by Gasteiger charge is 2.08. The molecule has 19 heavy (non-hydrogen) atoms. The maximum absolute atomic E-state index is 13.4. The summed E-state index contributed by atoms with van der Waals surface area (Å²) in [7, 11) is 1.42. The van der Waals surface area contributed by atoms with Crippen LogP contribution in [0.2, 0.25) is 0 Å². The van der Waals surface area contributed by atoms with Gasteiger partial charge in [-0.3, -0.25) is 4.98 Å². The number of hydrogen-bond donors (Lipinski definition) is 2.